The van der Waals surface area contributed by atoms with Crippen LogP contribution < -0.4 is 10.1 Å². The molecule has 3 aliphatic heterocycles. The van der Waals surface area contributed by atoms with Gasteiger partial charge in [-0.15, -0.1) is 0 Å². The number of benzene rings is 1. The minimum Gasteiger partial charge on any atom is -0.496 e. The van der Waals surface area contributed by atoms with Gasteiger partial charge >= 0.3 is 0 Å². The molecule has 0 saturated carbocycles. The number of methoxy groups -OCH3 is 1. The average molecular weight is 394 g/mol. The first-order valence-electron chi connectivity index (χ1n) is 8.63. The summed E-state index contributed by atoms with van der Waals surface area (Å²) in [4.78, 5) is 6.90. The summed E-state index contributed by atoms with van der Waals surface area (Å²) in [7, 11) is 3.55. The summed E-state index contributed by atoms with van der Waals surface area (Å²) in [5.41, 5.74) is 1.20. The van der Waals surface area contributed by atoms with Gasteiger partial charge in [-0.1, -0.05) is 6.07 Å². The van der Waals surface area contributed by atoms with E-state index in [0.717, 1.165) is 35.8 Å². The van der Waals surface area contributed by atoms with Gasteiger partial charge in [-0.3, -0.25) is 4.99 Å². The molecule has 3 saturated heterocycles. The van der Waals surface area contributed by atoms with E-state index in [0.29, 0.717) is 24.0 Å². The lowest BCUT2D eigenvalue weighted by atomic mass is 9.82. The Balaban J connectivity index is 1.38. The number of aliphatic imine (C=N–C) groups is 1. The summed E-state index contributed by atoms with van der Waals surface area (Å²) in [5.74, 6) is 3.23. The number of hydrogen-bond acceptors (Lipinski definition) is 3. The molecule has 3 heterocycles. The molecule has 0 aliphatic carbocycles. The number of guanidine groups is 1. The Labute approximate surface area is 151 Å². The summed E-state index contributed by atoms with van der Waals surface area (Å²) in [6.07, 6.45) is 3.46. The van der Waals surface area contributed by atoms with Crippen LogP contribution in [0.5, 0.6) is 5.75 Å². The quantitative estimate of drug-likeness (QED) is 0.633. The average Bonchev–Trinajstić information content (AvgIpc) is 3.28. The molecule has 1 N–H and O–H groups in total. The Kier molecular flexibility index (Phi) is 4.43. The minimum absolute atomic E-state index is 0.487. The van der Waals surface area contributed by atoms with Gasteiger partial charge in [-0.2, -0.15) is 0 Å². The maximum absolute atomic E-state index is 6.06. The molecule has 4 atom stereocenters. The van der Waals surface area contributed by atoms with Crippen LogP contribution in [-0.2, 0) is 11.3 Å². The van der Waals surface area contributed by atoms with Crippen LogP contribution >= 0.6 is 15.9 Å². The molecule has 24 heavy (non-hydrogen) atoms. The minimum atomic E-state index is 0.487. The standard InChI is InChI=1S/C18H24BrN3O2/c1-20-18(21-8-11-3-4-17(23-2)14(19)7-11)22-9-12-13(10-22)16-6-5-15(12)24-16/h3-4,7,12-13,15-16H,5-6,8-10H2,1-2H3,(H,20,21). The molecular weight excluding hydrogens is 370 g/mol. The predicted molar refractivity (Wildman–Crippen MR) is 97.3 cm³/mol. The molecule has 3 aliphatic rings. The van der Waals surface area contributed by atoms with Crippen LogP contribution in [0.15, 0.2) is 27.7 Å². The molecule has 1 aromatic carbocycles. The second-order valence-electron chi connectivity index (χ2n) is 6.89. The van der Waals surface area contributed by atoms with Gasteiger partial charge in [0.1, 0.15) is 5.75 Å². The SMILES string of the molecule is CN=C(NCc1ccc(OC)c(Br)c1)N1CC2C3CCC(O3)C2C1. The van der Waals surface area contributed by atoms with Crippen LogP contribution in [0.2, 0.25) is 0 Å². The molecule has 4 unspecified atom stereocenters. The first-order valence-corrected chi connectivity index (χ1v) is 9.42. The number of fused-ring (bicyclic) bond motifs is 5. The van der Waals surface area contributed by atoms with E-state index in [1.807, 2.05) is 13.1 Å². The topological polar surface area (TPSA) is 46.1 Å². The number of likely N-dealkylation sites (tertiary alicyclic amines) is 1. The van der Waals surface area contributed by atoms with Crippen LogP contribution in [0.4, 0.5) is 0 Å². The first-order chi connectivity index (χ1) is 11.7. The summed E-state index contributed by atoms with van der Waals surface area (Å²) >= 11 is 3.54. The molecule has 0 radical (unpaired) electrons. The lowest BCUT2D eigenvalue weighted by Crippen LogP contribution is -2.40. The zero-order valence-corrected chi connectivity index (χ0v) is 15.8. The summed E-state index contributed by atoms with van der Waals surface area (Å²) in [6, 6.07) is 6.15. The molecule has 6 heteroatoms. The van der Waals surface area contributed by atoms with Gasteiger partial charge in [0.15, 0.2) is 5.96 Å². The van der Waals surface area contributed by atoms with Gasteiger partial charge in [0, 0.05) is 38.5 Å². The van der Waals surface area contributed by atoms with Gasteiger partial charge in [0.05, 0.1) is 23.8 Å². The number of rotatable bonds is 3. The molecule has 0 spiro atoms. The third kappa shape index (κ3) is 2.80. The highest BCUT2D eigenvalue weighted by atomic mass is 79.9. The Morgan fingerprint density at radius 2 is 2.04 bits per heavy atom. The van der Waals surface area contributed by atoms with Crippen LogP contribution in [0.25, 0.3) is 0 Å². The smallest absolute Gasteiger partial charge is 0.193 e. The summed E-state index contributed by atoms with van der Waals surface area (Å²) < 4.78 is 12.3. The van der Waals surface area contributed by atoms with Crippen molar-refractivity contribution in [3.05, 3.63) is 28.2 Å². The predicted octanol–water partition coefficient (Wildman–Crippen LogP) is 2.64. The van der Waals surface area contributed by atoms with Crippen molar-refractivity contribution in [3.8, 4) is 5.75 Å². The van der Waals surface area contributed by atoms with Crippen LogP contribution in [0.1, 0.15) is 18.4 Å². The third-order valence-corrected chi connectivity index (χ3v) is 6.25. The zero-order valence-electron chi connectivity index (χ0n) is 14.2. The second kappa shape index (κ2) is 6.56. The highest BCUT2D eigenvalue weighted by Gasteiger charge is 2.53. The van der Waals surface area contributed by atoms with E-state index in [-0.39, 0.29) is 0 Å². The van der Waals surface area contributed by atoms with E-state index < -0.39 is 0 Å². The fourth-order valence-electron chi connectivity index (χ4n) is 4.47. The van der Waals surface area contributed by atoms with E-state index in [2.05, 4.69) is 43.3 Å². The van der Waals surface area contributed by atoms with Gasteiger partial charge < -0.3 is 19.7 Å². The van der Waals surface area contributed by atoms with E-state index >= 15 is 0 Å². The zero-order chi connectivity index (χ0) is 16.7. The van der Waals surface area contributed by atoms with Crippen molar-refractivity contribution in [2.75, 3.05) is 27.2 Å². The molecule has 5 nitrogen and oxygen atoms in total. The largest absolute Gasteiger partial charge is 0.496 e. The number of nitrogens with one attached hydrogen (secondary N) is 1. The van der Waals surface area contributed by atoms with Gasteiger partial charge in [0.2, 0.25) is 0 Å². The molecule has 2 bridgehead atoms. The molecule has 4 rings (SSSR count). The van der Waals surface area contributed by atoms with E-state index in [9.17, 15) is 0 Å². The molecule has 130 valence electrons. The highest BCUT2D eigenvalue weighted by molar-refractivity contribution is 9.10. The van der Waals surface area contributed by atoms with Crippen LogP contribution in [-0.4, -0.2) is 50.3 Å². The molecule has 0 amide bonds. The summed E-state index contributed by atoms with van der Waals surface area (Å²) in [5, 5.41) is 3.51. The Hall–Kier alpha value is -1.27. The van der Waals surface area contributed by atoms with Gasteiger partial charge in [-0.05, 0) is 46.5 Å². The van der Waals surface area contributed by atoms with Crippen LogP contribution in [0.3, 0.4) is 0 Å². The Morgan fingerprint density at radius 3 is 2.62 bits per heavy atom. The lowest BCUT2D eigenvalue weighted by Gasteiger charge is -2.23. The van der Waals surface area contributed by atoms with Crippen molar-refractivity contribution < 1.29 is 9.47 Å². The third-order valence-electron chi connectivity index (χ3n) is 5.63. The normalized spacial score (nSPS) is 31.5. The highest BCUT2D eigenvalue weighted by Crippen LogP contribution is 2.47. The fraction of sp³-hybridized carbons (Fsp3) is 0.611. The van der Waals surface area contributed by atoms with Crippen molar-refractivity contribution in [2.45, 2.75) is 31.6 Å². The van der Waals surface area contributed by atoms with Crippen molar-refractivity contribution in [1.29, 1.82) is 0 Å². The number of halogens is 1. The molecular formula is C18H24BrN3O2. The van der Waals surface area contributed by atoms with Crippen molar-refractivity contribution in [2.24, 2.45) is 16.8 Å². The lowest BCUT2D eigenvalue weighted by molar-refractivity contribution is 0.0767. The molecule has 0 aromatic heterocycles. The van der Waals surface area contributed by atoms with E-state index in [4.69, 9.17) is 9.47 Å². The van der Waals surface area contributed by atoms with Crippen molar-refractivity contribution in [3.63, 3.8) is 0 Å². The maximum Gasteiger partial charge on any atom is 0.193 e. The molecule has 1 aromatic rings. The monoisotopic (exact) mass is 393 g/mol. The summed E-state index contributed by atoms with van der Waals surface area (Å²) in [6.45, 7) is 2.89. The number of ether oxygens (including phenoxy) is 2. The Bertz CT molecular complexity index is 633. The van der Waals surface area contributed by atoms with Crippen molar-refractivity contribution >= 4 is 21.9 Å². The number of nitrogens with zero attached hydrogens (tertiary/aromatic N) is 2. The van der Waals surface area contributed by atoms with E-state index in [1.54, 1.807) is 7.11 Å². The van der Waals surface area contributed by atoms with Crippen LogP contribution in [0, 0.1) is 11.8 Å². The molecule has 3 fully saturated rings. The van der Waals surface area contributed by atoms with Gasteiger partial charge in [-0.25, -0.2) is 0 Å². The maximum atomic E-state index is 6.06. The Morgan fingerprint density at radius 1 is 1.33 bits per heavy atom. The number of hydrogen-bond donors (Lipinski definition) is 1. The van der Waals surface area contributed by atoms with Crippen molar-refractivity contribution in [1.82, 2.24) is 10.2 Å². The fourth-order valence-corrected chi connectivity index (χ4v) is 5.05. The van der Waals surface area contributed by atoms with E-state index in [1.165, 1.54) is 18.4 Å². The second-order valence-corrected chi connectivity index (χ2v) is 7.75. The first kappa shape index (κ1) is 16.2. The van der Waals surface area contributed by atoms with Gasteiger partial charge in [0.25, 0.3) is 0 Å².